The maximum atomic E-state index is 13.7. The Morgan fingerprint density at radius 3 is 2.26 bits per heavy atom. The van der Waals surface area contributed by atoms with Crippen molar-refractivity contribution in [2.75, 3.05) is 13.1 Å². The Balaban J connectivity index is 1.62. The van der Waals surface area contributed by atoms with E-state index in [-0.39, 0.29) is 42.3 Å². The first-order valence-electron chi connectivity index (χ1n) is 12.2. The van der Waals surface area contributed by atoms with E-state index in [1.54, 1.807) is 19.1 Å². The molecule has 1 N–H and O–H groups in total. The third-order valence-corrected chi connectivity index (χ3v) is 8.70. The molecule has 198 valence electrons. The highest BCUT2D eigenvalue weighted by Crippen LogP contribution is 2.30. The van der Waals surface area contributed by atoms with Gasteiger partial charge in [-0.2, -0.15) is 0 Å². The number of halogens is 1. The van der Waals surface area contributed by atoms with Gasteiger partial charge in [0.05, 0.1) is 5.56 Å². The summed E-state index contributed by atoms with van der Waals surface area (Å²) in [6.45, 7) is 2.02. The van der Waals surface area contributed by atoms with E-state index in [1.807, 2.05) is 54.6 Å². The summed E-state index contributed by atoms with van der Waals surface area (Å²) in [5.74, 6) is -1.39. The summed E-state index contributed by atoms with van der Waals surface area (Å²) in [5, 5.41) is 2.82. The van der Waals surface area contributed by atoms with E-state index in [4.69, 9.17) is 0 Å². The van der Waals surface area contributed by atoms with Gasteiger partial charge in [0.15, 0.2) is 0 Å². The number of carbonyl (C=O) groups excluding carboxylic acids is 3. The predicted molar refractivity (Wildman–Crippen MR) is 147 cm³/mol. The molecule has 3 amide bonds. The Kier molecular flexibility index (Phi) is 8.63. The number of benzene rings is 3. The Hall–Kier alpha value is -3.50. The molecule has 0 aromatic heterocycles. The van der Waals surface area contributed by atoms with E-state index < -0.39 is 27.9 Å². The minimum Gasteiger partial charge on any atom is -0.355 e. The summed E-state index contributed by atoms with van der Waals surface area (Å²) in [6.07, 6.45) is 0.0154. The molecule has 0 saturated carbocycles. The number of hydrogen-bond donors (Lipinski definition) is 1. The van der Waals surface area contributed by atoms with Crippen LogP contribution >= 0.6 is 15.9 Å². The molecule has 0 bridgehead atoms. The second kappa shape index (κ2) is 11.9. The molecule has 1 atom stereocenters. The maximum Gasteiger partial charge on any atom is 0.269 e. The van der Waals surface area contributed by atoms with Gasteiger partial charge in [-0.25, -0.2) is 12.7 Å². The van der Waals surface area contributed by atoms with Crippen LogP contribution in [0.1, 0.15) is 34.8 Å². The lowest BCUT2D eigenvalue weighted by atomic mass is 10.0. The van der Waals surface area contributed by atoms with E-state index in [1.165, 1.54) is 17.0 Å². The lowest BCUT2D eigenvalue weighted by molar-refractivity contribution is -0.141. The maximum absolute atomic E-state index is 13.7. The standard InChI is InChI=1S/C28H28BrN3O5S/c1-2-30-27(34)24(18-20-8-4-3-5-9-20)31(19-21-12-14-22(29)15-13-21)26(33)16-17-32-28(35)23-10-6-7-11-25(23)38(32,36)37/h3-15,24H,2,16-19H2,1H3,(H,30,34). The highest BCUT2D eigenvalue weighted by atomic mass is 79.9. The molecule has 8 nitrogen and oxygen atoms in total. The lowest BCUT2D eigenvalue weighted by Crippen LogP contribution is -2.51. The van der Waals surface area contributed by atoms with Gasteiger partial charge in [-0.1, -0.05) is 70.5 Å². The molecule has 0 spiro atoms. The average Bonchev–Trinajstić information content (AvgIpc) is 3.11. The van der Waals surface area contributed by atoms with Crippen molar-refractivity contribution in [3.8, 4) is 0 Å². The summed E-state index contributed by atoms with van der Waals surface area (Å²) < 4.78 is 27.6. The SMILES string of the molecule is CCNC(=O)C(Cc1ccccc1)N(Cc1ccc(Br)cc1)C(=O)CCN1C(=O)c2ccccc2S1(=O)=O. The number of carbonyl (C=O) groups is 3. The van der Waals surface area contributed by atoms with Crippen molar-refractivity contribution in [3.63, 3.8) is 0 Å². The summed E-state index contributed by atoms with van der Waals surface area (Å²) in [5.41, 5.74) is 1.78. The van der Waals surface area contributed by atoms with Gasteiger partial charge in [-0.3, -0.25) is 14.4 Å². The molecule has 1 aliphatic rings. The molecule has 0 radical (unpaired) electrons. The fourth-order valence-electron chi connectivity index (χ4n) is 4.43. The molecule has 0 saturated heterocycles. The van der Waals surface area contributed by atoms with Gasteiger partial charge in [-0.15, -0.1) is 0 Å². The van der Waals surface area contributed by atoms with Gasteiger partial charge in [0.25, 0.3) is 15.9 Å². The zero-order chi connectivity index (χ0) is 27.3. The first-order chi connectivity index (χ1) is 18.2. The van der Waals surface area contributed by atoms with Gasteiger partial charge in [0, 0.05) is 36.9 Å². The Bertz CT molecular complexity index is 1430. The Morgan fingerprint density at radius 1 is 0.947 bits per heavy atom. The lowest BCUT2D eigenvalue weighted by Gasteiger charge is -2.32. The summed E-state index contributed by atoms with van der Waals surface area (Å²) in [4.78, 5) is 41.2. The van der Waals surface area contributed by atoms with Gasteiger partial charge in [0.1, 0.15) is 10.9 Å². The van der Waals surface area contributed by atoms with Crippen LogP contribution in [-0.4, -0.2) is 54.5 Å². The summed E-state index contributed by atoms with van der Waals surface area (Å²) in [6, 6.07) is 22.0. The van der Waals surface area contributed by atoms with Gasteiger partial charge < -0.3 is 10.2 Å². The second-order valence-corrected chi connectivity index (χ2v) is 11.6. The molecule has 0 fully saturated rings. The van der Waals surface area contributed by atoms with Crippen molar-refractivity contribution in [2.24, 2.45) is 0 Å². The van der Waals surface area contributed by atoms with Crippen LogP contribution in [-0.2, 0) is 32.6 Å². The fourth-order valence-corrected chi connectivity index (χ4v) is 6.26. The molecule has 1 unspecified atom stereocenters. The molecular formula is C28H28BrN3O5S. The number of hydrogen-bond acceptors (Lipinski definition) is 5. The van der Waals surface area contributed by atoms with E-state index in [2.05, 4.69) is 21.2 Å². The number of likely N-dealkylation sites (N-methyl/N-ethyl adjacent to an activating group) is 1. The molecule has 38 heavy (non-hydrogen) atoms. The van der Waals surface area contributed by atoms with Crippen molar-refractivity contribution in [2.45, 2.75) is 37.2 Å². The van der Waals surface area contributed by atoms with Crippen LogP contribution in [0.25, 0.3) is 0 Å². The third kappa shape index (κ3) is 5.97. The van der Waals surface area contributed by atoms with E-state index in [0.717, 1.165) is 19.9 Å². The normalized spacial score (nSPS) is 14.6. The number of fused-ring (bicyclic) bond motifs is 1. The molecular weight excluding hydrogens is 570 g/mol. The number of rotatable bonds is 10. The predicted octanol–water partition coefficient (Wildman–Crippen LogP) is 3.76. The highest BCUT2D eigenvalue weighted by molar-refractivity contribution is 9.10. The number of amides is 3. The monoisotopic (exact) mass is 597 g/mol. The third-order valence-electron chi connectivity index (χ3n) is 6.33. The van der Waals surface area contributed by atoms with Crippen molar-refractivity contribution < 1.29 is 22.8 Å². The van der Waals surface area contributed by atoms with Crippen molar-refractivity contribution in [3.05, 3.63) is 100 Å². The summed E-state index contributed by atoms with van der Waals surface area (Å²) in [7, 11) is -4.05. The molecule has 1 aliphatic heterocycles. The first kappa shape index (κ1) is 27.5. The number of nitrogens with one attached hydrogen (secondary N) is 1. The molecule has 3 aromatic rings. The smallest absolute Gasteiger partial charge is 0.269 e. The fraction of sp³-hybridized carbons (Fsp3) is 0.250. The van der Waals surface area contributed by atoms with Crippen molar-refractivity contribution in [1.29, 1.82) is 0 Å². The topological polar surface area (TPSA) is 104 Å². The quantitative estimate of drug-likeness (QED) is 0.383. The molecule has 10 heteroatoms. The summed E-state index contributed by atoms with van der Waals surface area (Å²) >= 11 is 3.41. The minimum atomic E-state index is -4.05. The van der Waals surface area contributed by atoms with Crippen LogP contribution in [0.3, 0.4) is 0 Å². The molecule has 4 rings (SSSR count). The largest absolute Gasteiger partial charge is 0.355 e. The first-order valence-corrected chi connectivity index (χ1v) is 14.5. The zero-order valence-electron chi connectivity index (χ0n) is 20.8. The van der Waals surface area contributed by atoms with Crippen LogP contribution in [0.5, 0.6) is 0 Å². The van der Waals surface area contributed by atoms with E-state index in [9.17, 15) is 22.8 Å². The van der Waals surface area contributed by atoms with E-state index in [0.29, 0.717) is 6.54 Å². The number of nitrogens with zero attached hydrogens (tertiary/aromatic N) is 2. The van der Waals surface area contributed by atoms with Gasteiger partial charge in [-0.05, 0) is 42.3 Å². The van der Waals surface area contributed by atoms with Crippen LogP contribution in [0.2, 0.25) is 0 Å². The van der Waals surface area contributed by atoms with Crippen LogP contribution in [0, 0.1) is 0 Å². The van der Waals surface area contributed by atoms with Gasteiger partial charge >= 0.3 is 0 Å². The highest BCUT2D eigenvalue weighted by Gasteiger charge is 2.41. The second-order valence-electron chi connectivity index (χ2n) is 8.88. The van der Waals surface area contributed by atoms with Crippen LogP contribution in [0.15, 0.2) is 88.2 Å². The van der Waals surface area contributed by atoms with Crippen LogP contribution < -0.4 is 5.32 Å². The molecule has 3 aromatic carbocycles. The molecule has 1 heterocycles. The van der Waals surface area contributed by atoms with E-state index >= 15 is 0 Å². The van der Waals surface area contributed by atoms with Crippen LogP contribution in [0.4, 0.5) is 0 Å². The Morgan fingerprint density at radius 2 is 1.61 bits per heavy atom. The molecule has 0 aliphatic carbocycles. The zero-order valence-corrected chi connectivity index (χ0v) is 23.2. The average molecular weight is 599 g/mol. The minimum absolute atomic E-state index is 0.0616. The van der Waals surface area contributed by atoms with Crippen molar-refractivity contribution >= 4 is 43.7 Å². The Labute approximate surface area is 230 Å². The van der Waals surface area contributed by atoms with Gasteiger partial charge in [0.2, 0.25) is 11.8 Å². The number of sulfonamides is 1. The van der Waals surface area contributed by atoms with Crippen molar-refractivity contribution in [1.82, 2.24) is 14.5 Å².